The lowest BCUT2D eigenvalue weighted by Crippen LogP contribution is -2.12. The summed E-state index contributed by atoms with van der Waals surface area (Å²) in [5, 5.41) is 2.62. The molecule has 1 aliphatic rings. The summed E-state index contributed by atoms with van der Waals surface area (Å²) in [6.07, 6.45) is 1.40. The molecule has 0 spiro atoms. The number of nitrogens with one attached hydrogen (secondary N) is 1. The third-order valence-electron chi connectivity index (χ3n) is 2.13. The highest BCUT2D eigenvalue weighted by Gasteiger charge is 2.20. The van der Waals surface area contributed by atoms with Crippen LogP contribution in [-0.4, -0.2) is 5.91 Å². The second-order valence-electron chi connectivity index (χ2n) is 2.92. The monoisotopic (exact) mass is 177 g/mol. The van der Waals surface area contributed by atoms with Crippen molar-refractivity contribution in [2.45, 2.75) is 6.54 Å². The van der Waals surface area contributed by atoms with Gasteiger partial charge in [0, 0.05) is 17.7 Å². The van der Waals surface area contributed by atoms with Crippen molar-refractivity contribution < 1.29 is 9.18 Å². The summed E-state index contributed by atoms with van der Waals surface area (Å²) in [6, 6.07) is 2.91. The molecular weight excluding hydrogens is 169 g/mol. The summed E-state index contributed by atoms with van der Waals surface area (Å²) in [4.78, 5) is 11.2. The Labute approximate surface area is 75.1 Å². The standard InChI is InChI=1S/C10H8FNO/c1-2-6-3-8-7(4-9(6)11)5-12-10(8)13/h2-4H,1,5H2,(H,12,13). The van der Waals surface area contributed by atoms with E-state index < -0.39 is 0 Å². The van der Waals surface area contributed by atoms with Gasteiger partial charge in [-0.15, -0.1) is 0 Å². The molecule has 0 radical (unpaired) electrons. The average Bonchev–Trinajstić information content (AvgIpc) is 2.46. The molecule has 1 heterocycles. The average molecular weight is 177 g/mol. The summed E-state index contributed by atoms with van der Waals surface area (Å²) < 4.78 is 13.2. The lowest BCUT2D eigenvalue weighted by molar-refractivity contribution is 0.0966. The van der Waals surface area contributed by atoms with E-state index in [1.165, 1.54) is 18.2 Å². The molecule has 0 bridgehead atoms. The van der Waals surface area contributed by atoms with Crippen molar-refractivity contribution in [3.8, 4) is 0 Å². The Morgan fingerprint density at radius 1 is 1.54 bits per heavy atom. The zero-order valence-corrected chi connectivity index (χ0v) is 6.93. The van der Waals surface area contributed by atoms with Crippen molar-refractivity contribution >= 4 is 12.0 Å². The second-order valence-corrected chi connectivity index (χ2v) is 2.92. The molecule has 0 atom stereocenters. The smallest absolute Gasteiger partial charge is 0.251 e. The molecule has 13 heavy (non-hydrogen) atoms. The van der Waals surface area contributed by atoms with E-state index in [4.69, 9.17) is 0 Å². The van der Waals surface area contributed by atoms with E-state index in [0.717, 1.165) is 0 Å². The van der Waals surface area contributed by atoms with Crippen LogP contribution in [0.15, 0.2) is 18.7 Å². The molecule has 1 aliphatic heterocycles. The van der Waals surface area contributed by atoms with Crippen molar-refractivity contribution in [1.29, 1.82) is 0 Å². The van der Waals surface area contributed by atoms with Crippen LogP contribution in [0.25, 0.3) is 6.08 Å². The van der Waals surface area contributed by atoms with Crippen molar-refractivity contribution in [1.82, 2.24) is 5.32 Å². The fourth-order valence-corrected chi connectivity index (χ4v) is 1.42. The molecule has 3 heteroatoms. The maximum absolute atomic E-state index is 13.2. The Bertz CT molecular complexity index is 398. The van der Waals surface area contributed by atoms with Crippen molar-refractivity contribution in [3.63, 3.8) is 0 Å². The van der Waals surface area contributed by atoms with Crippen molar-refractivity contribution in [2.24, 2.45) is 0 Å². The van der Waals surface area contributed by atoms with E-state index in [1.54, 1.807) is 0 Å². The Morgan fingerprint density at radius 3 is 3.00 bits per heavy atom. The van der Waals surface area contributed by atoms with E-state index in [-0.39, 0.29) is 11.7 Å². The summed E-state index contributed by atoms with van der Waals surface area (Å²) in [5.74, 6) is -0.469. The van der Waals surface area contributed by atoms with Gasteiger partial charge in [-0.05, 0) is 17.7 Å². The van der Waals surface area contributed by atoms with Gasteiger partial charge in [0.05, 0.1) is 0 Å². The van der Waals surface area contributed by atoms with Gasteiger partial charge in [-0.2, -0.15) is 0 Å². The van der Waals surface area contributed by atoms with Crippen LogP contribution in [0.4, 0.5) is 4.39 Å². The molecule has 1 amide bonds. The summed E-state index contributed by atoms with van der Waals surface area (Å²) in [6.45, 7) is 3.89. The largest absolute Gasteiger partial charge is 0.348 e. The molecule has 2 rings (SSSR count). The fourth-order valence-electron chi connectivity index (χ4n) is 1.42. The van der Waals surface area contributed by atoms with Crippen LogP contribution in [0, 0.1) is 5.82 Å². The molecule has 1 aromatic carbocycles. The second kappa shape index (κ2) is 2.69. The first kappa shape index (κ1) is 7.98. The Kier molecular flexibility index (Phi) is 1.65. The van der Waals surface area contributed by atoms with Crippen LogP contribution in [0.2, 0.25) is 0 Å². The molecule has 66 valence electrons. The summed E-state index contributed by atoms with van der Waals surface area (Å²) in [5.41, 5.74) is 1.64. The normalized spacial score (nSPS) is 13.8. The van der Waals surface area contributed by atoms with Crippen LogP contribution in [0.5, 0.6) is 0 Å². The van der Waals surface area contributed by atoms with E-state index in [2.05, 4.69) is 11.9 Å². The quantitative estimate of drug-likeness (QED) is 0.695. The number of halogens is 1. The molecule has 0 fully saturated rings. The van der Waals surface area contributed by atoms with Gasteiger partial charge in [-0.25, -0.2) is 4.39 Å². The SMILES string of the molecule is C=Cc1cc2c(cc1F)CNC2=O. The Balaban J connectivity index is 2.63. The third kappa shape index (κ3) is 1.13. The Hall–Kier alpha value is -1.64. The highest BCUT2D eigenvalue weighted by Crippen LogP contribution is 2.20. The van der Waals surface area contributed by atoms with Crippen LogP contribution in [-0.2, 0) is 6.54 Å². The number of rotatable bonds is 1. The van der Waals surface area contributed by atoms with Crippen molar-refractivity contribution in [2.75, 3.05) is 0 Å². The maximum Gasteiger partial charge on any atom is 0.251 e. The van der Waals surface area contributed by atoms with Gasteiger partial charge in [0.2, 0.25) is 0 Å². The number of benzene rings is 1. The summed E-state index contributed by atoms with van der Waals surface area (Å²) in [7, 11) is 0. The zero-order valence-electron chi connectivity index (χ0n) is 6.93. The minimum Gasteiger partial charge on any atom is -0.348 e. The molecule has 2 nitrogen and oxygen atoms in total. The third-order valence-corrected chi connectivity index (χ3v) is 2.13. The van der Waals surface area contributed by atoms with E-state index in [0.29, 0.717) is 23.2 Å². The van der Waals surface area contributed by atoms with E-state index in [9.17, 15) is 9.18 Å². The Morgan fingerprint density at radius 2 is 2.31 bits per heavy atom. The predicted molar refractivity (Wildman–Crippen MR) is 47.7 cm³/mol. The van der Waals surface area contributed by atoms with Gasteiger partial charge in [-0.1, -0.05) is 12.7 Å². The van der Waals surface area contributed by atoms with Crippen LogP contribution in [0.1, 0.15) is 21.5 Å². The first-order chi connectivity index (χ1) is 6.22. The minimum absolute atomic E-state index is 0.141. The first-order valence-corrected chi connectivity index (χ1v) is 3.95. The van der Waals surface area contributed by atoms with E-state index in [1.807, 2.05) is 0 Å². The molecule has 1 aromatic rings. The molecule has 0 saturated heterocycles. The first-order valence-electron chi connectivity index (χ1n) is 3.95. The number of hydrogen-bond acceptors (Lipinski definition) is 1. The predicted octanol–water partition coefficient (Wildman–Crippen LogP) is 1.71. The van der Waals surface area contributed by atoms with Crippen LogP contribution < -0.4 is 5.32 Å². The molecule has 0 saturated carbocycles. The zero-order chi connectivity index (χ0) is 9.42. The lowest BCUT2D eigenvalue weighted by Gasteiger charge is -1.99. The fraction of sp³-hybridized carbons (Fsp3) is 0.100. The van der Waals surface area contributed by atoms with Crippen LogP contribution in [0.3, 0.4) is 0 Å². The molecule has 0 unspecified atom stereocenters. The van der Waals surface area contributed by atoms with E-state index >= 15 is 0 Å². The molecule has 0 aromatic heterocycles. The molecule has 1 N–H and O–H groups in total. The topological polar surface area (TPSA) is 29.1 Å². The minimum atomic E-state index is -0.328. The number of carbonyl (C=O) groups excluding carboxylic acids is 1. The highest BCUT2D eigenvalue weighted by molar-refractivity contribution is 5.98. The van der Waals surface area contributed by atoms with Gasteiger partial charge in [-0.3, -0.25) is 4.79 Å². The van der Waals surface area contributed by atoms with Gasteiger partial charge >= 0.3 is 0 Å². The van der Waals surface area contributed by atoms with Gasteiger partial charge in [0.1, 0.15) is 5.82 Å². The molecule has 0 aliphatic carbocycles. The maximum atomic E-state index is 13.2. The number of hydrogen-bond donors (Lipinski definition) is 1. The van der Waals surface area contributed by atoms with Gasteiger partial charge < -0.3 is 5.32 Å². The number of amides is 1. The number of carbonyl (C=O) groups is 1. The number of fused-ring (bicyclic) bond motifs is 1. The summed E-state index contributed by atoms with van der Waals surface area (Å²) >= 11 is 0. The van der Waals surface area contributed by atoms with Gasteiger partial charge in [0.25, 0.3) is 5.91 Å². The van der Waals surface area contributed by atoms with Gasteiger partial charge in [0.15, 0.2) is 0 Å². The van der Waals surface area contributed by atoms with Crippen molar-refractivity contribution in [3.05, 3.63) is 41.2 Å². The lowest BCUT2D eigenvalue weighted by atomic mass is 10.1. The highest BCUT2D eigenvalue weighted by atomic mass is 19.1. The molecular formula is C10H8FNO. The van der Waals surface area contributed by atoms with Crippen LogP contribution >= 0.6 is 0 Å².